The molecule has 1 aliphatic rings. The Hall–Kier alpha value is -0.770. The van der Waals surface area contributed by atoms with Crippen molar-refractivity contribution in [3.8, 4) is 5.75 Å². The van der Waals surface area contributed by atoms with Gasteiger partial charge < -0.3 is 10.8 Å². The molecule has 0 spiro atoms. The number of likely N-dealkylation sites (tertiary alicyclic amines) is 1. The van der Waals surface area contributed by atoms with Crippen molar-refractivity contribution in [2.24, 2.45) is 11.7 Å². The van der Waals surface area contributed by atoms with E-state index in [2.05, 4.69) is 11.8 Å². The molecule has 94 valence electrons. The molecule has 1 aliphatic heterocycles. The van der Waals surface area contributed by atoms with Gasteiger partial charge in [-0.25, -0.2) is 0 Å². The zero-order chi connectivity index (χ0) is 12.4. The van der Waals surface area contributed by atoms with Gasteiger partial charge in [0.1, 0.15) is 5.75 Å². The zero-order valence-electron chi connectivity index (χ0n) is 10.1. The number of phenols is 1. The first-order chi connectivity index (χ1) is 8.06. The SMILES string of the molecule is CC(N)C1CCN(Cc2cc(Cl)ccc2O)C1. The van der Waals surface area contributed by atoms with Gasteiger partial charge in [0.25, 0.3) is 0 Å². The first-order valence-electron chi connectivity index (χ1n) is 6.01. The highest BCUT2D eigenvalue weighted by Gasteiger charge is 2.25. The van der Waals surface area contributed by atoms with Gasteiger partial charge in [0, 0.05) is 29.7 Å². The largest absolute Gasteiger partial charge is 0.508 e. The molecule has 0 amide bonds. The maximum atomic E-state index is 9.76. The van der Waals surface area contributed by atoms with E-state index in [1.165, 1.54) is 0 Å². The summed E-state index contributed by atoms with van der Waals surface area (Å²) in [4.78, 5) is 2.32. The van der Waals surface area contributed by atoms with Gasteiger partial charge >= 0.3 is 0 Å². The van der Waals surface area contributed by atoms with Crippen LogP contribution in [0.25, 0.3) is 0 Å². The quantitative estimate of drug-likeness (QED) is 0.870. The van der Waals surface area contributed by atoms with Crippen molar-refractivity contribution in [3.05, 3.63) is 28.8 Å². The van der Waals surface area contributed by atoms with E-state index in [1.807, 2.05) is 6.07 Å². The summed E-state index contributed by atoms with van der Waals surface area (Å²) < 4.78 is 0. The van der Waals surface area contributed by atoms with Crippen LogP contribution in [-0.4, -0.2) is 29.1 Å². The van der Waals surface area contributed by atoms with Crippen molar-refractivity contribution < 1.29 is 5.11 Å². The van der Waals surface area contributed by atoms with Crippen LogP contribution in [0.3, 0.4) is 0 Å². The molecule has 1 heterocycles. The van der Waals surface area contributed by atoms with Crippen LogP contribution >= 0.6 is 11.6 Å². The highest BCUT2D eigenvalue weighted by atomic mass is 35.5. The molecule has 0 bridgehead atoms. The lowest BCUT2D eigenvalue weighted by molar-refractivity contribution is 0.303. The molecule has 2 unspecified atom stereocenters. The van der Waals surface area contributed by atoms with Gasteiger partial charge in [-0.1, -0.05) is 11.6 Å². The fraction of sp³-hybridized carbons (Fsp3) is 0.538. The standard InChI is InChI=1S/C13H19ClN2O/c1-9(15)10-4-5-16(7-10)8-11-6-12(14)2-3-13(11)17/h2-3,6,9-10,17H,4-5,7-8,15H2,1H3. The molecule has 0 saturated carbocycles. The van der Waals surface area contributed by atoms with Gasteiger partial charge in [-0.05, 0) is 44.0 Å². The molecular formula is C13H19ClN2O. The highest BCUT2D eigenvalue weighted by Crippen LogP contribution is 2.26. The van der Waals surface area contributed by atoms with Crippen LogP contribution in [0.1, 0.15) is 18.9 Å². The van der Waals surface area contributed by atoms with Crippen LogP contribution in [0.5, 0.6) is 5.75 Å². The molecule has 3 nitrogen and oxygen atoms in total. The van der Waals surface area contributed by atoms with Crippen molar-refractivity contribution in [2.75, 3.05) is 13.1 Å². The van der Waals surface area contributed by atoms with Crippen molar-refractivity contribution in [3.63, 3.8) is 0 Å². The van der Waals surface area contributed by atoms with Gasteiger partial charge in [0.15, 0.2) is 0 Å². The van der Waals surface area contributed by atoms with Crippen molar-refractivity contribution in [1.29, 1.82) is 0 Å². The number of hydrogen-bond donors (Lipinski definition) is 2. The maximum Gasteiger partial charge on any atom is 0.120 e. The fourth-order valence-corrected chi connectivity index (χ4v) is 2.55. The second-order valence-electron chi connectivity index (χ2n) is 4.92. The first-order valence-corrected chi connectivity index (χ1v) is 6.39. The number of aromatic hydroxyl groups is 1. The summed E-state index contributed by atoms with van der Waals surface area (Å²) in [7, 11) is 0. The van der Waals surface area contributed by atoms with E-state index in [9.17, 15) is 5.11 Å². The number of hydrogen-bond acceptors (Lipinski definition) is 3. The molecule has 4 heteroatoms. The van der Waals surface area contributed by atoms with E-state index in [1.54, 1.807) is 12.1 Å². The number of rotatable bonds is 3. The molecule has 1 fully saturated rings. The lowest BCUT2D eigenvalue weighted by Crippen LogP contribution is -2.29. The summed E-state index contributed by atoms with van der Waals surface area (Å²) in [5, 5.41) is 10.4. The van der Waals surface area contributed by atoms with E-state index in [0.717, 1.165) is 31.6 Å². The average molecular weight is 255 g/mol. The number of nitrogens with two attached hydrogens (primary N) is 1. The predicted octanol–water partition coefficient (Wildman–Crippen LogP) is 2.21. The van der Waals surface area contributed by atoms with Crippen LogP contribution in [0, 0.1) is 5.92 Å². The lowest BCUT2D eigenvalue weighted by atomic mass is 10.0. The predicted molar refractivity (Wildman–Crippen MR) is 70.2 cm³/mol. The maximum absolute atomic E-state index is 9.76. The Balaban J connectivity index is 2.00. The summed E-state index contributed by atoms with van der Waals surface area (Å²) in [5.74, 6) is 0.884. The van der Waals surface area contributed by atoms with Gasteiger partial charge in [-0.3, -0.25) is 4.90 Å². The Bertz CT molecular complexity index is 395. The van der Waals surface area contributed by atoms with Crippen molar-refractivity contribution in [1.82, 2.24) is 4.90 Å². The Morgan fingerprint density at radius 1 is 1.59 bits per heavy atom. The third-order valence-electron chi connectivity index (χ3n) is 3.49. The molecule has 1 aromatic carbocycles. The minimum atomic E-state index is 0.243. The minimum Gasteiger partial charge on any atom is -0.508 e. The monoisotopic (exact) mass is 254 g/mol. The van der Waals surface area contributed by atoms with E-state index < -0.39 is 0 Å². The molecule has 0 radical (unpaired) electrons. The average Bonchev–Trinajstić information content (AvgIpc) is 2.72. The van der Waals surface area contributed by atoms with E-state index >= 15 is 0 Å². The molecule has 1 aromatic rings. The summed E-state index contributed by atoms with van der Waals surface area (Å²) in [6.07, 6.45) is 1.14. The van der Waals surface area contributed by atoms with Gasteiger partial charge in [0.2, 0.25) is 0 Å². The molecule has 2 rings (SSSR count). The lowest BCUT2D eigenvalue weighted by Gasteiger charge is -2.18. The minimum absolute atomic E-state index is 0.243. The Morgan fingerprint density at radius 2 is 2.35 bits per heavy atom. The molecule has 17 heavy (non-hydrogen) atoms. The van der Waals surface area contributed by atoms with E-state index in [-0.39, 0.29) is 6.04 Å². The zero-order valence-corrected chi connectivity index (χ0v) is 10.8. The van der Waals surface area contributed by atoms with Gasteiger partial charge in [-0.15, -0.1) is 0 Å². The second-order valence-corrected chi connectivity index (χ2v) is 5.35. The molecule has 2 atom stereocenters. The molecule has 0 aromatic heterocycles. The molecule has 1 saturated heterocycles. The number of phenolic OH excluding ortho intramolecular Hbond substituents is 1. The summed E-state index contributed by atoms with van der Waals surface area (Å²) >= 11 is 5.93. The number of benzene rings is 1. The van der Waals surface area contributed by atoms with E-state index in [0.29, 0.717) is 16.7 Å². The summed E-state index contributed by atoms with van der Waals surface area (Å²) in [5.41, 5.74) is 6.80. The van der Waals surface area contributed by atoms with Gasteiger partial charge in [-0.2, -0.15) is 0 Å². The van der Waals surface area contributed by atoms with E-state index in [4.69, 9.17) is 17.3 Å². The molecular weight excluding hydrogens is 236 g/mol. The highest BCUT2D eigenvalue weighted by molar-refractivity contribution is 6.30. The Labute approximate surface area is 107 Å². The Kier molecular flexibility index (Phi) is 3.92. The third-order valence-corrected chi connectivity index (χ3v) is 3.72. The van der Waals surface area contributed by atoms with Crippen LogP contribution in [0.15, 0.2) is 18.2 Å². The number of nitrogens with zero attached hydrogens (tertiary/aromatic N) is 1. The topological polar surface area (TPSA) is 49.5 Å². The third kappa shape index (κ3) is 3.12. The van der Waals surface area contributed by atoms with Crippen LogP contribution in [0.4, 0.5) is 0 Å². The Morgan fingerprint density at radius 3 is 3.00 bits per heavy atom. The molecule has 0 aliphatic carbocycles. The van der Waals surface area contributed by atoms with Crippen LogP contribution < -0.4 is 5.73 Å². The first kappa shape index (κ1) is 12.7. The van der Waals surface area contributed by atoms with Crippen LogP contribution in [-0.2, 0) is 6.54 Å². The van der Waals surface area contributed by atoms with Gasteiger partial charge in [0.05, 0.1) is 0 Å². The molecule has 3 N–H and O–H groups in total. The second kappa shape index (κ2) is 5.25. The normalized spacial score (nSPS) is 22.9. The smallest absolute Gasteiger partial charge is 0.120 e. The van der Waals surface area contributed by atoms with Crippen molar-refractivity contribution >= 4 is 11.6 Å². The summed E-state index contributed by atoms with van der Waals surface area (Å²) in [6, 6.07) is 5.43. The van der Waals surface area contributed by atoms with Crippen molar-refractivity contribution in [2.45, 2.75) is 25.9 Å². The number of halogens is 1. The fourth-order valence-electron chi connectivity index (χ4n) is 2.36. The van der Waals surface area contributed by atoms with Crippen LogP contribution in [0.2, 0.25) is 5.02 Å². The summed E-state index contributed by atoms with van der Waals surface area (Å²) in [6.45, 7) is 4.85.